The van der Waals surface area contributed by atoms with Gasteiger partial charge in [0, 0.05) is 17.7 Å². The van der Waals surface area contributed by atoms with Crippen molar-refractivity contribution >= 4 is 15.9 Å². The van der Waals surface area contributed by atoms with Gasteiger partial charge in [0.25, 0.3) is 0 Å². The lowest BCUT2D eigenvalue weighted by molar-refractivity contribution is 0.0853. The minimum absolute atomic E-state index is 0.0232. The lowest BCUT2D eigenvalue weighted by atomic mass is 9.92. The zero-order valence-electron chi connectivity index (χ0n) is 11.2. The van der Waals surface area contributed by atoms with Gasteiger partial charge in [0.1, 0.15) is 0 Å². The van der Waals surface area contributed by atoms with Crippen LogP contribution in [0.3, 0.4) is 0 Å². The van der Waals surface area contributed by atoms with E-state index in [1.807, 2.05) is 0 Å². The van der Waals surface area contributed by atoms with Crippen LogP contribution in [-0.2, 0) is 4.74 Å². The zero-order chi connectivity index (χ0) is 12.6. The molecule has 13 heavy (non-hydrogen) atoms. The van der Waals surface area contributed by atoms with E-state index in [2.05, 4.69) is 15.9 Å². The van der Waals surface area contributed by atoms with Crippen LogP contribution >= 0.6 is 15.9 Å². The topological polar surface area (TPSA) is 9.23 Å². The van der Waals surface area contributed by atoms with Crippen molar-refractivity contribution < 1.29 is 10.2 Å². The monoisotopic (exact) mass is 244 g/mol. The number of benzene rings is 1. The molecule has 2 heteroatoms. The maximum Gasteiger partial charge on any atom is 0.0638 e. The van der Waals surface area contributed by atoms with Crippen LogP contribution in [0.25, 0.3) is 0 Å². The lowest BCUT2D eigenvalue weighted by Crippen LogP contribution is -2.13. The Morgan fingerprint density at radius 1 is 1.38 bits per heavy atom. The van der Waals surface area contributed by atoms with Crippen molar-refractivity contribution in [2.45, 2.75) is 18.8 Å². The highest BCUT2D eigenvalue weighted by Crippen LogP contribution is 2.28. The first-order chi connectivity index (χ1) is 8.04. The highest BCUT2D eigenvalue weighted by atomic mass is 79.9. The first kappa shape index (κ1) is 5.52. The summed E-state index contributed by atoms with van der Waals surface area (Å²) in [5, 5.41) is 0. The molecule has 0 amide bonds. The molecule has 1 aromatic carbocycles. The Hall–Kier alpha value is -0.340. The zero-order valence-corrected chi connectivity index (χ0v) is 8.78. The molecule has 2 rings (SSSR count). The van der Waals surface area contributed by atoms with Gasteiger partial charge in [0.05, 0.1) is 5.48 Å². The first-order valence-electron chi connectivity index (χ1n) is 6.37. The van der Waals surface area contributed by atoms with E-state index in [9.17, 15) is 0 Å². The summed E-state index contributed by atoms with van der Waals surface area (Å²) in [5.74, 6) is 0.102. The van der Waals surface area contributed by atoms with E-state index in [1.54, 1.807) is 0 Å². The predicted octanol–water partition coefficient (Wildman–Crippen LogP) is 3.34. The second-order valence-corrected chi connectivity index (χ2v) is 3.91. The number of halogens is 1. The molecule has 0 atom stereocenters. The molecule has 0 aliphatic carbocycles. The third-order valence-corrected chi connectivity index (χ3v) is 2.64. The highest BCUT2D eigenvalue weighted by Gasteiger charge is 2.15. The average molecular weight is 245 g/mol. The van der Waals surface area contributed by atoms with Crippen LogP contribution in [0.15, 0.2) is 28.6 Å². The summed E-state index contributed by atoms with van der Waals surface area (Å²) >= 11 is 3.17. The Morgan fingerprint density at radius 2 is 2.15 bits per heavy atom. The number of hydrogen-bond donors (Lipinski definition) is 0. The molecule has 1 aromatic rings. The smallest absolute Gasteiger partial charge is 0.0638 e. The molecule has 1 heterocycles. The highest BCUT2D eigenvalue weighted by molar-refractivity contribution is 9.10. The van der Waals surface area contributed by atoms with Crippen molar-refractivity contribution in [1.82, 2.24) is 0 Å². The molecule has 0 aromatic heterocycles. The van der Waals surface area contributed by atoms with E-state index < -0.39 is 0 Å². The van der Waals surface area contributed by atoms with Crippen LogP contribution in [0.5, 0.6) is 0 Å². The van der Waals surface area contributed by atoms with Crippen molar-refractivity contribution in [2.24, 2.45) is 0 Å². The van der Waals surface area contributed by atoms with E-state index >= 15 is 0 Å². The molecule has 0 N–H and O–H groups in total. The first-order valence-corrected chi connectivity index (χ1v) is 5.16. The summed E-state index contributed by atoms with van der Waals surface area (Å²) in [7, 11) is 0. The Labute approximate surface area is 92.9 Å². The molecule has 1 fully saturated rings. The van der Waals surface area contributed by atoms with Crippen molar-refractivity contribution in [3.8, 4) is 0 Å². The van der Waals surface area contributed by atoms with E-state index in [0.717, 1.165) is 12.8 Å². The largest absolute Gasteiger partial charge is 0.381 e. The molecule has 0 unspecified atom stereocenters. The van der Waals surface area contributed by atoms with Gasteiger partial charge in [-0.25, -0.2) is 0 Å². The van der Waals surface area contributed by atoms with Crippen LogP contribution < -0.4 is 0 Å². The van der Waals surface area contributed by atoms with Gasteiger partial charge >= 0.3 is 0 Å². The van der Waals surface area contributed by atoms with Gasteiger partial charge in [0.15, 0.2) is 0 Å². The fourth-order valence-electron chi connectivity index (χ4n) is 1.52. The molecular weight excluding hydrogens is 228 g/mol. The Bertz CT molecular complexity index is 415. The molecule has 0 saturated carbocycles. The average Bonchev–Trinajstić information content (AvgIpc) is 2.36. The molecular formula is C11H13BrO. The Kier molecular flexibility index (Phi) is 1.80. The fourth-order valence-corrected chi connectivity index (χ4v) is 1.84. The number of ether oxygens (including phenoxy) is 1. The van der Waals surface area contributed by atoms with Gasteiger partial charge in [-0.3, -0.25) is 0 Å². The van der Waals surface area contributed by atoms with Crippen LogP contribution in [0.2, 0.25) is 0 Å². The fraction of sp³-hybridized carbons (Fsp3) is 0.455. The summed E-state index contributed by atoms with van der Waals surface area (Å²) in [5.41, 5.74) is 0.584. The minimum atomic E-state index is -0.102. The Morgan fingerprint density at radius 3 is 2.92 bits per heavy atom. The number of hydrogen-bond acceptors (Lipinski definition) is 1. The maximum absolute atomic E-state index is 8.00. The second-order valence-electron chi connectivity index (χ2n) is 3.11. The van der Waals surface area contributed by atoms with Crippen LogP contribution in [0.4, 0.5) is 0 Å². The third kappa shape index (κ3) is 2.32. The van der Waals surface area contributed by atoms with Gasteiger partial charge in [-0.15, -0.1) is 0 Å². The summed E-state index contributed by atoms with van der Waals surface area (Å²) in [6.45, 7) is 1.27. The van der Waals surface area contributed by atoms with Gasteiger partial charge in [-0.1, -0.05) is 28.0 Å². The van der Waals surface area contributed by atoms with Crippen molar-refractivity contribution in [3.63, 3.8) is 0 Å². The van der Waals surface area contributed by atoms with Crippen LogP contribution in [-0.4, -0.2) is 13.2 Å². The quantitative estimate of drug-likeness (QED) is 0.737. The standard InChI is InChI=1S/C11H13BrO/c12-11-3-1-2-10(8-11)9-4-6-13-7-5-9/h1-3,8-9H,4-7H2/i1D,2D,3D,8D. The van der Waals surface area contributed by atoms with Crippen LogP contribution in [0, 0.1) is 0 Å². The van der Waals surface area contributed by atoms with Crippen molar-refractivity contribution in [1.29, 1.82) is 0 Å². The van der Waals surface area contributed by atoms with E-state index in [4.69, 9.17) is 10.2 Å². The molecule has 70 valence electrons. The molecule has 1 saturated heterocycles. The molecule has 1 nitrogen and oxygen atoms in total. The summed E-state index contributed by atoms with van der Waals surface area (Å²) in [6, 6.07) is 0.0307. The maximum atomic E-state index is 8.00. The van der Waals surface area contributed by atoms with Gasteiger partial charge < -0.3 is 4.74 Å². The number of rotatable bonds is 1. The second kappa shape index (κ2) is 4.25. The van der Waals surface area contributed by atoms with Crippen LogP contribution in [0.1, 0.15) is 29.8 Å². The van der Waals surface area contributed by atoms with Gasteiger partial charge in [-0.2, -0.15) is 0 Å². The summed E-state index contributed by atoms with van der Waals surface area (Å²) in [6.07, 6.45) is 1.56. The summed E-state index contributed by atoms with van der Waals surface area (Å²) in [4.78, 5) is 0. The van der Waals surface area contributed by atoms with Crippen molar-refractivity contribution in [3.05, 3.63) is 34.2 Å². The van der Waals surface area contributed by atoms with E-state index in [-0.39, 0.29) is 30.1 Å². The normalized spacial score (nSPS) is 23.2. The molecule has 0 bridgehead atoms. The van der Waals surface area contributed by atoms with E-state index in [0.29, 0.717) is 23.2 Å². The minimum Gasteiger partial charge on any atom is -0.381 e. The van der Waals surface area contributed by atoms with Gasteiger partial charge in [-0.05, 0) is 36.4 Å². The SMILES string of the molecule is [2H]c1c([2H])c(Br)c([2H])c(C2CCOCC2)c1[2H]. The summed E-state index contributed by atoms with van der Waals surface area (Å²) < 4.78 is 36.9. The predicted molar refractivity (Wildman–Crippen MR) is 56.9 cm³/mol. The van der Waals surface area contributed by atoms with Crippen molar-refractivity contribution in [2.75, 3.05) is 13.2 Å². The third-order valence-electron chi connectivity index (χ3n) is 2.24. The lowest BCUT2D eigenvalue weighted by Gasteiger charge is -2.22. The molecule has 1 aliphatic rings. The Balaban J connectivity index is 2.52. The molecule has 1 aliphatic heterocycles. The van der Waals surface area contributed by atoms with Gasteiger partial charge in [0.2, 0.25) is 0 Å². The van der Waals surface area contributed by atoms with E-state index in [1.165, 1.54) is 0 Å². The molecule has 0 radical (unpaired) electrons. The molecule has 0 spiro atoms.